The van der Waals surface area contributed by atoms with Gasteiger partial charge in [-0.15, -0.1) is 24.0 Å². The largest absolute Gasteiger partial charge is 0.434 e. The van der Waals surface area contributed by atoms with E-state index in [1.165, 1.54) is 0 Å². The molecule has 0 fully saturated rings. The van der Waals surface area contributed by atoms with E-state index >= 15 is 0 Å². The number of hydrogen-bond acceptors (Lipinski definition) is 4. The van der Waals surface area contributed by atoms with Crippen molar-refractivity contribution in [1.82, 2.24) is 15.6 Å². The van der Waals surface area contributed by atoms with E-state index in [9.17, 15) is 8.78 Å². The summed E-state index contributed by atoms with van der Waals surface area (Å²) >= 11 is 0. The second-order valence-electron chi connectivity index (χ2n) is 6.15. The van der Waals surface area contributed by atoms with Crippen LogP contribution in [0.25, 0.3) is 0 Å². The fourth-order valence-electron chi connectivity index (χ4n) is 2.45. The first-order valence-electron chi connectivity index (χ1n) is 8.51. The Morgan fingerprint density at radius 1 is 1.18 bits per heavy atom. The SMILES string of the molecule is CN=C(NCc1cccc(N(C)C)n1)NCc1cc(C)ccc1OC(F)F.I. The summed E-state index contributed by atoms with van der Waals surface area (Å²) in [4.78, 5) is 10.6. The molecular formula is C19H26F2IN5O. The summed E-state index contributed by atoms with van der Waals surface area (Å²) in [5, 5.41) is 6.28. The van der Waals surface area contributed by atoms with E-state index in [0.717, 1.165) is 17.1 Å². The number of aliphatic imine (C=N–C) groups is 1. The van der Waals surface area contributed by atoms with E-state index in [2.05, 4.69) is 25.3 Å². The second kappa shape index (κ2) is 11.6. The molecule has 0 unspecified atom stereocenters. The molecule has 0 spiro atoms. The fraction of sp³-hybridized carbons (Fsp3) is 0.368. The third-order valence-electron chi connectivity index (χ3n) is 3.79. The van der Waals surface area contributed by atoms with Crippen LogP contribution in [0.15, 0.2) is 41.4 Å². The highest BCUT2D eigenvalue weighted by Gasteiger charge is 2.10. The van der Waals surface area contributed by atoms with E-state index in [4.69, 9.17) is 0 Å². The molecule has 9 heteroatoms. The minimum Gasteiger partial charge on any atom is -0.434 e. The molecule has 0 saturated heterocycles. The van der Waals surface area contributed by atoms with Crippen molar-refractivity contribution in [3.05, 3.63) is 53.2 Å². The van der Waals surface area contributed by atoms with Gasteiger partial charge < -0.3 is 20.3 Å². The number of guanidine groups is 1. The van der Waals surface area contributed by atoms with Crippen molar-refractivity contribution in [3.8, 4) is 5.75 Å². The third kappa shape index (κ3) is 7.45. The highest BCUT2D eigenvalue weighted by atomic mass is 127. The average Bonchev–Trinajstić information content (AvgIpc) is 2.63. The van der Waals surface area contributed by atoms with E-state index in [1.54, 1.807) is 25.2 Å². The van der Waals surface area contributed by atoms with Gasteiger partial charge in [0.05, 0.1) is 12.2 Å². The molecule has 0 saturated carbocycles. The number of rotatable bonds is 7. The number of aryl methyl sites for hydroxylation is 1. The summed E-state index contributed by atoms with van der Waals surface area (Å²) in [6.45, 7) is -0.185. The number of ether oxygens (including phenoxy) is 1. The molecule has 0 radical (unpaired) electrons. The molecule has 2 rings (SSSR count). The molecule has 1 aromatic carbocycles. The molecule has 0 aliphatic rings. The predicted octanol–water partition coefficient (Wildman–Crippen LogP) is 3.54. The van der Waals surface area contributed by atoms with E-state index in [-0.39, 0.29) is 29.7 Å². The van der Waals surface area contributed by atoms with Crippen LogP contribution in [-0.4, -0.2) is 38.7 Å². The number of aromatic nitrogens is 1. The number of anilines is 1. The molecule has 0 aliphatic carbocycles. The number of hydrogen-bond donors (Lipinski definition) is 2. The van der Waals surface area contributed by atoms with Crippen molar-refractivity contribution in [1.29, 1.82) is 0 Å². The van der Waals surface area contributed by atoms with Crippen LogP contribution in [0.1, 0.15) is 16.8 Å². The Kier molecular flexibility index (Phi) is 9.91. The molecule has 6 nitrogen and oxygen atoms in total. The normalized spacial score (nSPS) is 11.0. The van der Waals surface area contributed by atoms with E-state index < -0.39 is 6.61 Å². The summed E-state index contributed by atoms with van der Waals surface area (Å²) in [7, 11) is 5.51. The minimum absolute atomic E-state index is 0. The zero-order valence-electron chi connectivity index (χ0n) is 16.4. The number of alkyl halides is 2. The van der Waals surface area contributed by atoms with Gasteiger partial charge >= 0.3 is 6.61 Å². The van der Waals surface area contributed by atoms with Gasteiger partial charge in [-0.1, -0.05) is 23.8 Å². The van der Waals surface area contributed by atoms with Gasteiger partial charge in [-0.3, -0.25) is 4.99 Å². The van der Waals surface area contributed by atoms with E-state index in [0.29, 0.717) is 24.6 Å². The maximum absolute atomic E-state index is 12.6. The lowest BCUT2D eigenvalue weighted by Gasteiger charge is -2.16. The highest BCUT2D eigenvalue weighted by molar-refractivity contribution is 14.0. The van der Waals surface area contributed by atoms with Crippen molar-refractivity contribution < 1.29 is 13.5 Å². The van der Waals surface area contributed by atoms with E-state index in [1.807, 2.05) is 44.1 Å². The molecule has 28 heavy (non-hydrogen) atoms. The summed E-state index contributed by atoms with van der Waals surface area (Å²) in [5.74, 6) is 1.56. The van der Waals surface area contributed by atoms with Crippen LogP contribution in [0.3, 0.4) is 0 Å². The molecule has 0 amide bonds. The fourth-order valence-corrected chi connectivity index (χ4v) is 2.45. The lowest BCUT2D eigenvalue weighted by atomic mass is 10.1. The Labute approximate surface area is 181 Å². The lowest BCUT2D eigenvalue weighted by Crippen LogP contribution is -2.36. The number of pyridine rings is 1. The van der Waals surface area contributed by atoms with Gasteiger partial charge in [0.1, 0.15) is 11.6 Å². The van der Waals surface area contributed by atoms with Crippen LogP contribution in [0, 0.1) is 6.92 Å². The Bertz CT molecular complexity index is 787. The van der Waals surface area contributed by atoms with Crippen LogP contribution >= 0.6 is 24.0 Å². The van der Waals surface area contributed by atoms with Crippen LogP contribution in [0.2, 0.25) is 0 Å². The molecular weight excluding hydrogens is 479 g/mol. The molecule has 2 N–H and O–H groups in total. The van der Waals surface area contributed by atoms with Crippen molar-refractivity contribution in [3.63, 3.8) is 0 Å². The first kappa shape index (κ1) is 23.9. The number of halogens is 3. The number of nitrogens with zero attached hydrogens (tertiary/aromatic N) is 3. The first-order valence-corrected chi connectivity index (χ1v) is 8.51. The quantitative estimate of drug-likeness (QED) is 0.343. The summed E-state index contributed by atoms with van der Waals surface area (Å²) < 4.78 is 29.7. The number of nitrogens with one attached hydrogen (secondary N) is 2. The monoisotopic (exact) mass is 505 g/mol. The highest BCUT2D eigenvalue weighted by Crippen LogP contribution is 2.22. The zero-order chi connectivity index (χ0) is 19.8. The van der Waals surface area contributed by atoms with Crippen molar-refractivity contribution >= 4 is 35.8 Å². The van der Waals surface area contributed by atoms with Crippen LogP contribution in [-0.2, 0) is 13.1 Å². The van der Waals surface area contributed by atoms with Gasteiger partial charge in [0.15, 0.2) is 5.96 Å². The van der Waals surface area contributed by atoms with Gasteiger partial charge in [-0.2, -0.15) is 8.78 Å². The maximum Gasteiger partial charge on any atom is 0.387 e. The second-order valence-corrected chi connectivity index (χ2v) is 6.15. The van der Waals surface area contributed by atoms with Crippen molar-refractivity contribution in [2.75, 3.05) is 26.0 Å². The summed E-state index contributed by atoms with van der Waals surface area (Å²) in [5.41, 5.74) is 2.45. The van der Waals surface area contributed by atoms with Gasteiger partial charge in [0, 0.05) is 33.3 Å². The van der Waals surface area contributed by atoms with Crippen LogP contribution < -0.4 is 20.3 Å². The maximum atomic E-state index is 12.6. The standard InChI is InChI=1S/C19H25F2N5O.HI/c1-13-8-9-16(27-18(20)21)14(10-13)11-23-19(22-2)24-12-15-6-5-7-17(25-15)26(3)4;/h5-10,18H,11-12H2,1-4H3,(H2,22,23,24);1H. The lowest BCUT2D eigenvalue weighted by molar-refractivity contribution is -0.0504. The Morgan fingerprint density at radius 3 is 2.54 bits per heavy atom. The predicted molar refractivity (Wildman–Crippen MR) is 119 cm³/mol. The first-order chi connectivity index (χ1) is 12.9. The van der Waals surface area contributed by atoms with Gasteiger partial charge in [-0.25, -0.2) is 4.98 Å². The Balaban J connectivity index is 0.00000392. The van der Waals surface area contributed by atoms with Gasteiger partial charge in [0.25, 0.3) is 0 Å². The van der Waals surface area contributed by atoms with Crippen molar-refractivity contribution in [2.24, 2.45) is 4.99 Å². The smallest absolute Gasteiger partial charge is 0.387 e. The molecule has 2 aromatic rings. The zero-order valence-corrected chi connectivity index (χ0v) is 18.7. The Hall–Kier alpha value is -2.17. The molecule has 0 bridgehead atoms. The average molecular weight is 505 g/mol. The van der Waals surface area contributed by atoms with Crippen molar-refractivity contribution in [2.45, 2.75) is 26.6 Å². The van der Waals surface area contributed by atoms with Crippen LogP contribution in [0.4, 0.5) is 14.6 Å². The van der Waals surface area contributed by atoms with Gasteiger partial charge in [-0.05, 0) is 25.1 Å². The Morgan fingerprint density at radius 2 is 1.89 bits per heavy atom. The molecule has 1 heterocycles. The molecule has 1 aromatic heterocycles. The number of benzene rings is 1. The topological polar surface area (TPSA) is 61.8 Å². The summed E-state index contributed by atoms with van der Waals surface area (Å²) in [6, 6.07) is 10.9. The van der Waals surface area contributed by atoms with Crippen LogP contribution in [0.5, 0.6) is 5.75 Å². The summed E-state index contributed by atoms with van der Waals surface area (Å²) in [6.07, 6.45) is 0. The molecule has 0 aliphatic heterocycles. The molecule has 154 valence electrons. The molecule has 0 atom stereocenters. The third-order valence-corrected chi connectivity index (χ3v) is 3.79. The minimum atomic E-state index is -2.86. The van der Waals surface area contributed by atoms with Gasteiger partial charge in [0.2, 0.25) is 0 Å².